The lowest BCUT2D eigenvalue weighted by molar-refractivity contribution is -0.137. The zero-order valence-electron chi connectivity index (χ0n) is 16.5. The Labute approximate surface area is 164 Å². The molecule has 2 aromatic rings. The Balaban J connectivity index is 1.36. The van der Waals surface area contributed by atoms with Crippen LogP contribution in [0.5, 0.6) is 11.5 Å². The quantitative estimate of drug-likeness (QED) is 0.784. The molecule has 4 rings (SSSR count). The zero-order valence-corrected chi connectivity index (χ0v) is 16.5. The molecule has 1 aliphatic heterocycles. The highest BCUT2D eigenvalue weighted by atomic mass is 16.5. The van der Waals surface area contributed by atoms with Gasteiger partial charge in [0.15, 0.2) is 11.5 Å². The monoisotopic (exact) mass is 385 g/mol. The molecule has 0 radical (unpaired) electrons. The number of hydrogen-bond acceptors (Lipinski definition) is 6. The van der Waals surface area contributed by atoms with Crippen molar-refractivity contribution in [3.8, 4) is 11.5 Å². The average molecular weight is 385 g/mol. The number of nitrogens with zero attached hydrogens (tertiary/aromatic N) is 5. The molecule has 8 nitrogen and oxygen atoms in total. The maximum Gasteiger partial charge on any atom is 0.225 e. The van der Waals surface area contributed by atoms with Gasteiger partial charge in [-0.25, -0.2) is 4.68 Å². The molecule has 0 spiro atoms. The summed E-state index contributed by atoms with van der Waals surface area (Å²) in [5.41, 5.74) is 2.40. The van der Waals surface area contributed by atoms with Gasteiger partial charge in [0.2, 0.25) is 5.91 Å². The molecule has 2 heterocycles. The Morgan fingerprint density at radius 1 is 1.11 bits per heavy atom. The summed E-state index contributed by atoms with van der Waals surface area (Å²) in [6.07, 6.45) is 6.50. The first-order valence-electron chi connectivity index (χ1n) is 9.91. The van der Waals surface area contributed by atoms with E-state index in [2.05, 4.69) is 15.5 Å². The average Bonchev–Trinajstić information content (AvgIpc) is 3.25. The van der Waals surface area contributed by atoms with Gasteiger partial charge < -0.3 is 14.4 Å². The van der Waals surface area contributed by atoms with Crippen LogP contribution in [0.3, 0.4) is 0 Å². The largest absolute Gasteiger partial charge is 0.493 e. The molecule has 0 bridgehead atoms. The van der Waals surface area contributed by atoms with Gasteiger partial charge in [0.1, 0.15) is 6.33 Å². The normalized spacial score (nSPS) is 21.9. The number of benzene rings is 1. The SMILES string of the molecule is COc1cc2c(cc1OC)CN(C(=O)C1CCC(Cn3cnnn3)CC1)CC2. The van der Waals surface area contributed by atoms with Crippen molar-refractivity contribution < 1.29 is 14.3 Å². The van der Waals surface area contributed by atoms with Gasteiger partial charge in [-0.1, -0.05) is 0 Å². The van der Waals surface area contributed by atoms with Crippen LogP contribution in [0.1, 0.15) is 36.8 Å². The first kappa shape index (κ1) is 18.7. The maximum absolute atomic E-state index is 13.1. The van der Waals surface area contributed by atoms with Crippen LogP contribution < -0.4 is 9.47 Å². The van der Waals surface area contributed by atoms with Crippen molar-refractivity contribution in [2.75, 3.05) is 20.8 Å². The van der Waals surface area contributed by atoms with E-state index in [0.717, 1.165) is 62.3 Å². The van der Waals surface area contributed by atoms with Crippen molar-refractivity contribution in [3.05, 3.63) is 29.6 Å². The lowest BCUT2D eigenvalue weighted by Gasteiger charge is -2.35. The van der Waals surface area contributed by atoms with Crippen molar-refractivity contribution in [2.24, 2.45) is 11.8 Å². The second-order valence-electron chi connectivity index (χ2n) is 7.74. The van der Waals surface area contributed by atoms with Gasteiger partial charge in [-0.3, -0.25) is 4.79 Å². The molecular formula is C20H27N5O3. The third-order valence-electron chi connectivity index (χ3n) is 6.06. The molecule has 8 heteroatoms. The minimum atomic E-state index is 0.131. The van der Waals surface area contributed by atoms with E-state index in [1.807, 2.05) is 17.0 Å². The Morgan fingerprint density at radius 2 is 1.82 bits per heavy atom. The number of aromatic nitrogens is 4. The van der Waals surface area contributed by atoms with Gasteiger partial charge >= 0.3 is 0 Å². The minimum absolute atomic E-state index is 0.131. The second-order valence-corrected chi connectivity index (χ2v) is 7.74. The van der Waals surface area contributed by atoms with Crippen molar-refractivity contribution in [1.82, 2.24) is 25.1 Å². The van der Waals surface area contributed by atoms with Crippen LogP contribution in [0.15, 0.2) is 18.5 Å². The van der Waals surface area contributed by atoms with Crippen molar-refractivity contribution >= 4 is 5.91 Å². The molecule has 0 N–H and O–H groups in total. The number of methoxy groups -OCH3 is 2. The zero-order chi connectivity index (χ0) is 19.5. The number of carbonyl (C=O) groups excluding carboxylic acids is 1. The number of fused-ring (bicyclic) bond motifs is 1. The van der Waals surface area contributed by atoms with Crippen LogP contribution in [-0.2, 0) is 24.3 Å². The molecule has 1 fully saturated rings. The fourth-order valence-electron chi connectivity index (χ4n) is 4.45. The maximum atomic E-state index is 13.1. The number of carbonyl (C=O) groups is 1. The number of ether oxygens (including phenoxy) is 2. The van der Waals surface area contributed by atoms with Crippen LogP contribution in [0.25, 0.3) is 0 Å². The van der Waals surface area contributed by atoms with E-state index >= 15 is 0 Å². The van der Waals surface area contributed by atoms with E-state index < -0.39 is 0 Å². The lowest BCUT2D eigenvalue weighted by Crippen LogP contribution is -2.41. The van der Waals surface area contributed by atoms with E-state index in [0.29, 0.717) is 18.4 Å². The van der Waals surface area contributed by atoms with Gasteiger partial charge in [-0.15, -0.1) is 5.10 Å². The smallest absolute Gasteiger partial charge is 0.225 e. The summed E-state index contributed by atoms with van der Waals surface area (Å²) >= 11 is 0. The van der Waals surface area contributed by atoms with Crippen molar-refractivity contribution in [2.45, 2.75) is 45.2 Å². The molecule has 0 unspecified atom stereocenters. The Bertz CT molecular complexity index is 815. The highest BCUT2D eigenvalue weighted by molar-refractivity contribution is 5.79. The second kappa shape index (κ2) is 8.16. The molecule has 1 saturated carbocycles. The topological polar surface area (TPSA) is 82.4 Å². The molecule has 1 aromatic heterocycles. The fourth-order valence-corrected chi connectivity index (χ4v) is 4.45. The molecule has 0 atom stereocenters. The first-order valence-corrected chi connectivity index (χ1v) is 9.91. The molecule has 1 aromatic carbocycles. The number of rotatable bonds is 5. The standard InChI is InChI=1S/C20H27N5O3/c1-27-18-9-16-7-8-24(12-17(16)10-19(18)28-2)20(26)15-5-3-14(4-6-15)11-25-13-21-22-23-25/h9-10,13-15H,3-8,11-12H2,1-2H3. The summed E-state index contributed by atoms with van der Waals surface area (Å²) in [6, 6.07) is 4.05. The summed E-state index contributed by atoms with van der Waals surface area (Å²) in [6.45, 7) is 2.26. The molecule has 150 valence electrons. The summed E-state index contributed by atoms with van der Waals surface area (Å²) in [4.78, 5) is 15.1. The molecular weight excluding hydrogens is 358 g/mol. The van der Waals surface area contributed by atoms with Gasteiger partial charge in [0.05, 0.1) is 14.2 Å². The van der Waals surface area contributed by atoms with Crippen LogP contribution in [0.4, 0.5) is 0 Å². The van der Waals surface area contributed by atoms with Crippen LogP contribution in [0, 0.1) is 11.8 Å². The molecule has 28 heavy (non-hydrogen) atoms. The minimum Gasteiger partial charge on any atom is -0.493 e. The van der Waals surface area contributed by atoms with E-state index in [1.54, 1.807) is 25.2 Å². The summed E-state index contributed by atoms with van der Waals surface area (Å²) < 4.78 is 12.6. The van der Waals surface area contributed by atoms with Gasteiger partial charge in [-0.05, 0) is 71.7 Å². The molecule has 2 aliphatic rings. The van der Waals surface area contributed by atoms with Crippen LogP contribution >= 0.6 is 0 Å². The lowest BCUT2D eigenvalue weighted by atomic mass is 9.81. The van der Waals surface area contributed by atoms with Crippen LogP contribution in [0.2, 0.25) is 0 Å². The van der Waals surface area contributed by atoms with Crippen LogP contribution in [-0.4, -0.2) is 51.8 Å². The highest BCUT2D eigenvalue weighted by Crippen LogP contribution is 2.35. The van der Waals surface area contributed by atoms with E-state index in [-0.39, 0.29) is 5.92 Å². The predicted octanol–water partition coefficient (Wildman–Crippen LogP) is 2.08. The van der Waals surface area contributed by atoms with E-state index in [9.17, 15) is 4.79 Å². The Morgan fingerprint density at radius 3 is 2.46 bits per heavy atom. The molecule has 0 saturated heterocycles. The van der Waals surface area contributed by atoms with E-state index in [4.69, 9.17) is 9.47 Å². The van der Waals surface area contributed by atoms with Gasteiger partial charge in [-0.2, -0.15) is 0 Å². The number of hydrogen-bond donors (Lipinski definition) is 0. The number of tetrazole rings is 1. The number of amides is 1. The summed E-state index contributed by atoms with van der Waals surface area (Å²) in [7, 11) is 3.29. The predicted molar refractivity (Wildman–Crippen MR) is 102 cm³/mol. The van der Waals surface area contributed by atoms with Crippen molar-refractivity contribution in [3.63, 3.8) is 0 Å². The summed E-state index contributed by atoms with van der Waals surface area (Å²) in [5.74, 6) is 2.44. The Hall–Kier alpha value is -2.64. The fraction of sp³-hybridized carbons (Fsp3) is 0.600. The van der Waals surface area contributed by atoms with Gasteiger partial charge in [0, 0.05) is 25.6 Å². The summed E-state index contributed by atoms with van der Waals surface area (Å²) in [5, 5.41) is 11.3. The first-order chi connectivity index (χ1) is 13.7. The molecule has 1 amide bonds. The highest BCUT2D eigenvalue weighted by Gasteiger charge is 2.31. The van der Waals surface area contributed by atoms with E-state index in [1.165, 1.54) is 5.56 Å². The van der Waals surface area contributed by atoms with Crippen molar-refractivity contribution in [1.29, 1.82) is 0 Å². The third-order valence-corrected chi connectivity index (χ3v) is 6.06. The molecule has 1 aliphatic carbocycles. The third kappa shape index (κ3) is 3.81. The Kier molecular flexibility index (Phi) is 5.45. The van der Waals surface area contributed by atoms with Gasteiger partial charge in [0.25, 0.3) is 0 Å².